The van der Waals surface area contributed by atoms with E-state index in [4.69, 9.17) is 17.3 Å². The molecule has 1 aromatic heterocycles. The molecule has 0 amide bonds. The molecule has 21 heavy (non-hydrogen) atoms. The summed E-state index contributed by atoms with van der Waals surface area (Å²) in [6, 6.07) is 8.13. The van der Waals surface area contributed by atoms with Gasteiger partial charge in [0.05, 0.1) is 6.04 Å². The van der Waals surface area contributed by atoms with E-state index in [0.717, 1.165) is 0 Å². The van der Waals surface area contributed by atoms with Crippen molar-refractivity contribution < 1.29 is 17.9 Å². The Morgan fingerprint density at radius 2 is 1.76 bits per heavy atom. The maximum Gasteiger partial charge on any atom is 0.573 e. The van der Waals surface area contributed by atoms with Gasteiger partial charge in [-0.05, 0) is 23.8 Å². The summed E-state index contributed by atoms with van der Waals surface area (Å²) < 4.78 is 39.9. The van der Waals surface area contributed by atoms with Crippen LogP contribution in [0.25, 0.3) is 0 Å². The van der Waals surface area contributed by atoms with Crippen molar-refractivity contribution in [3.8, 4) is 5.75 Å². The number of hydrogen-bond donors (Lipinski definition) is 1. The van der Waals surface area contributed by atoms with E-state index in [1.54, 1.807) is 12.1 Å². The maximum absolute atomic E-state index is 12.0. The minimum atomic E-state index is -4.71. The molecule has 0 spiro atoms. The second-order valence-corrected chi connectivity index (χ2v) is 4.34. The lowest BCUT2D eigenvalue weighted by Gasteiger charge is -2.14. The Hall–Kier alpha value is -1.50. The second-order valence-electron chi connectivity index (χ2n) is 3.98. The van der Waals surface area contributed by atoms with Gasteiger partial charge in [-0.15, -0.1) is 25.6 Å². The Labute approximate surface area is 130 Å². The van der Waals surface area contributed by atoms with Crippen LogP contribution in [0.1, 0.15) is 17.2 Å². The number of aromatic nitrogens is 1. The van der Waals surface area contributed by atoms with Gasteiger partial charge in [0.2, 0.25) is 0 Å². The molecule has 0 saturated carbocycles. The Balaban J connectivity index is 0.00000220. The predicted octanol–water partition coefficient (Wildman–Crippen LogP) is 4.10. The number of benzene rings is 1. The van der Waals surface area contributed by atoms with Gasteiger partial charge in [-0.3, -0.25) is 0 Å². The highest BCUT2D eigenvalue weighted by Gasteiger charge is 2.31. The third-order valence-corrected chi connectivity index (χ3v) is 2.91. The fraction of sp³-hybridized carbons (Fsp3) is 0.154. The molecule has 0 aliphatic heterocycles. The van der Waals surface area contributed by atoms with Crippen LogP contribution >= 0.6 is 24.0 Å². The Morgan fingerprint density at radius 1 is 1.14 bits per heavy atom. The largest absolute Gasteiger partial charge is 0.573 e. The van der Waals surface area contributed by atoms with E-state index in [1.807, 2.05) is 0 Å². The molecule has 2 rings (SSSR count). The summed E-state index contributed by atoms with van der Waals surface area (Å²) in [4.78, 5) is 3.90. The van der Waals surface area contributed by atoms with E-state index in [1.165, 1.54) is 30.5 Å². The van der Waals surface area contributed by atoms with Gasteiger partial charge in [-0.2, -0.15) is 0 Å². The summed E-state index contributed by atoms with van der Waals surface area (Å²) in [5.41, 5.74) is 7.21. The highest BCUT2D eigenvalue weighted by Crippen LogP contribution is 2.28. The van der Waals surface area contributed by atoms with E-state index in [2.05, 4.69) is 9.72 Å². The van der Waals surface area contributed by atoms with Crippen molar-refractivity contribution in [2.24, 2.45) is 5.73 Å². The monoisotopic (exact) mass is 338 g/mol. The Bertz CT molecular complexity index is 591. The molecule has 2 N–H and O–H groups in total. The standard InChI is InChI=1S/C13H10ClF3N2O.ClH/c14-12-10(2-1-7-19-12)11(18)8-3-5-9(6-4-8)20-13(15,16)17;/h1-7,11H,18H2;1H/t11-;/m1./s1. The molecule has 0 unspecified atom stereocenters. The van der Waals surface area contributed by atoms with Crippen LogP contribution in [0, 0.1) is 0 Å². The predicted molar refractivity (Wildman–Crippen MR) is 75.7 cm³/mol. The SMILES string of the molecule is Cl.N[C@H](c1ccc(OC(F)(F)F)cc1)c1cccnc1Cl. The minimum Gasteiger partial charge on any atom is -0.406 e. The van der Waals surface area contributed by atoms with Crippen LogP contribution < -0.4 is 10.5 Å². The number of ether oxygens (including phenoxy) is 1. The first-order valence-electron chi connectivity index (χ1n) is 5.58. The smallest absolute Gasteiger partial charge is 0.406 e. The van der Waals surface area contributed by atoms with Gasteiger partial charge < -0.3 is 10.5 Å². The number of hydrogen-bond acceptors (Lipinski definition) is 3. The lowest BCUT2D eigenvalue weighted by molar-refractivity contribution is -0.274. The van der Waals surface area contributed by atoms with Gasteiger partial charge in [0.15, 0.2) is 0 Å². The van der Waals surface area contributed by atoms with Crippen molar-refractivity contribution >= 4 is 24.0 Å². The molecule has 2 aromatic rings. The molecule has 1 atom stereocenters. The van der Waals surface area contributed by atoms with Crippen LogP contribution in [0.3, 0.4) is 0 Å². The van der Waals surface area contributed by atoms with Gasteiger partial charge in [0, 0.05) is 11.8 Å². The highest BCUT2D eigenvalue weighted by atomic mass is 35.5. The third kappa shape index (κ3) is 4.77. The molecule has 1 heterocycles. The first kappa shape index (κ1) is 17.6. The van der Waals surface area contributed by atoms with E-state index in [0.29, 0.717) is 11.1 Å². The van der Waals surface area contributed by atoms with Crippen LogP contribution in [0.2, 0.25) is 5.15 Å². The quantitative estimate of drug-likeness (QED) is 0.857. The first-order valence-corrected chi connectivity index (χ1v) is 5.96. The fourth-order valence-electron chi connectivity index (χ4n) is 1.69. The van der Waals surface area contributed by atoms with Crippen molar-refractivity contribution in [2.45, 2.75) is 12.4 Å². The van der Waals surface area contributed by atoms with E-state index < -0.39 is 12.4 Å². The van der Waals surface area contributed by atoms with Crippen LogP contribution in [0.15, 0.2) is 42.6 Å². The zero-order valence-corrected chi connectivity index (χ0v) is 12.0. The molecule has 0 fully saturated rings. The van der Waals surface area contributed by atoms with Gasteiger partial charge >= 0.3 is 6.36 Å². The lowest BCUT2D eigenvalue weighted by atomic mass is 10.0. The number of alkyl halides is 3. The molecule has 0 aliphatic carbocycles. The van der Waals surface area contributed by atoms with Crippen molar-refractivity contribution in [3.63, 3.8) is 0 Å². The summed E-state index contributed by atoms with van der Waals surface area (Å²) in [7, 11) is 0. The summed E-state index contributed by atoms with van der Waals surface area (Å²) in [6.07, 6.45) is -3.19. The summed E-state index contributed by atoms with van der Waals surface area (Å²) in [6.45, 7) is 0. The van der Waals surface area contributed by atoms with Gasteiger partial charge in [0.25, 0.3) is 0 Å². The van der Waals surface area contributed by atoms with E-state index in [9.17, 15) is 13.2 Å². The third-order valence-electron chi connectivity index (χ3n) is 2.60. The van der Waals surface area contributed by atoms with Crippen molar-refractivity contribution in [1.29, 1.82) is 0 Å². The highest BCUT2D eigenvalue weighted by molar-refractivity contribution is 6.30. The molecule has 0 radical (unpaired) electrons. The summed E-state index contributed by atoms with van der Waals surface area (Å²) >= 11 is 5.92. The molecular weight excluding hydrogens is 328 g/mol. The lowest BCUT2D eigenvalue weighted by Crippen LogP contribution is -2.17. The molecule has 1 aromatic carbocycles. The number of halogens is 5. The molecule has 3 nitrogen and oxygen atoms in total. The van der Waals surface area contributed by atoms with Crippen LogP contribution in [-0.4, -0.2) is 11.3 Å². The number of nitrogens with zero attached hydrogens (tertiary/aromatic N) is 1. The van der Waals surface area contributed by atoms with Gasteiger partial charge in [0.1, 0.15) is 10.9 Å². The van der Waals surface area contributed by atoms with E-state index >= 15 is 0 Å². The number of nitrogens with two attached hydrogens (primary N) is 1. The first-order chi connectivity index (χ1) is 9.37. The fourth-order valence-corrected chi connectivity index (χ4v) is 1.92. The minimum absolute atomic E-state index is 0. The van der Waals surface area contributed by atoms with Crippen LogP contribution in [0.5, 0.6) is 5.75 Å². The van der Waals surface area contributed by atoms with Gasteiger partial charge in [-0.25, -0.2) is 4.98 Å². The van der Waals surface area contributed by atoms with Crippen molar-refractivity contribution in [2.75, 3.05) is 0 Å². The topological polar surface area (TPSA) is 48.1 Å². The summed E-state index contributed by atoms with van der Waals surface area (Å²) in [5, 5.41) is 0.260. The molecular formula is C13H11Cl2F3N2O. The average molecular weight is 339 g/mol. The maximum atomic E-state index is 12.0. The second kappa shape index (κ2) is 6.98. The van der Waals surface area contributed by atoms with Crippen LogP contribution in [0.4, 0.5) is 13.2 Å². The van der Waals surface area contributed by atoms with Crippen molar-refractivity contribution in [1.82, 2.24) is 4.98 Å². The molecule has 0 aliphatic rings. The zero-order chi connectivity index (χ0) is 14.8. The van der Waals surface area contributed by atoms with Crippen LogP contribution in [-0.2, 0) is 0 Å². The normalized spacial score (nSPS) is 12.4. The molecule has 8 heteroatoms. The van der Waals surface area contributed by atoms with Crippen molar-refractivity contribution in [3.05, 3.63) is 58.9 Å². The summed E-state index contributed by atoms with van der Waals surface area (Å²) in [5.74, 6) is -0.300. The number of pyridine rings is 1. The number of rotatable bonds is 3. The molecule has 114 valence electrons. The zero-order valence-electron chi connectivity index (χ0n) is 10.5. The van der Waals surface area contributed by atoms with E-state index in [-0.39, 0.29) is 23.3 Å². The molecule has 0 saturated heterocycles. The Morgan fingerprint density at radius 3 is 2.29 bits per heavy atom. The van der Waals surface area contributed by atoms with Gasteiger partial charge in [-0.1, -0.05) is 29.8 Å². The Kier molecular flexibility index (Phi) is 5.83. The molecule has 0 bridgehead atoms. The average Bonchev–Trinajstić information content (AvgIpc) is 2.37.